The number of rotatable bonds is 1. The van der Waals surface area contributed by atoms with Gasteiger partial charge in [-0.2, -0.15) is 0 Å². The van der Waals surface area contributed by atoms with Gasteiger partial charge in [0.2, 0.25) is 0 Å². The lowest BCUT2D eigenvalue weighted by molar-refractivity contribution is 0.429. The molecule has 1 aromatic rings. The van der Waals surface area contributed by atoms with Gasteiger partial charge in [-0.3, -0.25) is 0 Å². The van der Waals surface area contributed by atoms with E-state index in [1.54, 1.807) is 0 Å². The molecular weight excluding hydrogens is 219 g/mol. The van der Waals surface area contributed by atoms with Crippen LogP contribution in [0.2, 0.25) is 0 Å². The molecule has 0 radical (unpaired) electrons. The first-order valence-electron chi connectivity index (χ1n) is 3.26. The van der Waals surface area contributed by atoms with Crippen molar-refractivity contribution in [1.82, 2.24) is 0 Å². The van der Waals surface area contributed by atoms with Crippen LogP contribution in [0, 0.1) is 12.7 Å². The highest BCUT2D eigenvalue weighted by molar-refractivity contribution is 8.13. The van der Waals surface area contributed by atoms with Gasteiger partial charge in [0.15, 0.2) is 11.6 Å². The van der Waals surface area contributed by atoms with E-state index in [4.69, 9.17) is 15.8 Å². The molecule has 0 bridgehead atoms. The van der Waals surface area contributed by atoms with Crippen molar-refractivity contribution in [3.8, 4) is 5.75 Å². The summed E-state index contributed by atoms with van der Waals surface area (Å²) < 4.78 is 34.4. The highest BCUT2D eigenvalue weighted by Crippen LogP contribution is 2.26. The minimum absolute atomic E-state index is 0.158. The van der Waals surface area contributed by atoms with Crippen LogP contribution in [0.25, 0.3) is 0 Å². The molecule has 13 heavy (non-hydrogen) atoms. The smallest absolute Gasteiger partial charge is 0.261 e. The molecule has 0 aliphatic heterocycles. The predicted octanol–water partition coefficient (Wildman–Crippen LogP) is 1.77. The third-order valence-corrected chi connectivity index (χ3v) is 2.97. The average Bonchev–Trinajstić information content (AvgIpc) is 1.94. The molecule has 0 saturated heterocycles. The van der Waals surface area contributed by atoms with E-state index in [9.17, 15) is 12.8 Å². The van der Waals surface area contributed by atoms with Gasteiger partial charge >= 0.3 is 0 Å². The van der Waals surface area contributed by atoms with Crippen LogP contribution in [0.4, 0.5) is 4.39 Å². The number of aromatic hydroxyl groups is 1. The normalized spacial score (nSPS) is 11.6. The van der Waals surface area contributed by atoms with Gasteiger partial charge < -0.3 is 5.11 Å². The molecule has 0 aliphatic carbocycles. The van der Waals surface area contributed by atoms with E-state index in [1.165, 1.54) is 6.92 Å². The van der Waals surface area contributed by atoms with Crippen molar-refractivity contribution < 1.29 is 17.9 Å². The third kappa shape index (κ3) is 2.10. The van der Waals surface area contributed by atoms with Gasteiger partial charge in [-0.1, -0.05) is 0 Å². The van der Waals surface area contributed by atoms with Gasteiger partial charge in [0.1, 0.15) is 0 Å². The Labute approximate surface area is 79.2 Å². The molecule has 0 unspecified atom stereocenters. The Kier molecular flexibility index (Phi) is 2.49. The Bertz CT molecular complexity index is 441. The molecule has 0 amide bonds. The summed E-state index contributed by atoms with van der Waals surface area (Å²) in [5.74, 6) is -1.61. The molecule has 72 valence electrons. The maximum Gasteiger partial charge on any atom is 0.261 e. The van der Waals surface area contributed by atoms with Gasteiger partial charge in [-0.15, -0.1) is 0 Å². The number of hydrogen-bond acceptors (Lipinski definition) is 3. The molecule has 1 rings (SSSR count). The van der Waals surface area contributed by atoms with Crippen molar-refractivity contribution in [3.05, 3.63) is 23.5 Å². The second-order valence-corrected chi connectivity index (χ2v) is 5.04. The minimum Gasteiger partial charge on any atom is -0.505 e. The number of benzene rings is 1. The van der Waals surface area contributed by atoms with Crippen molar-refractivity contribution >= 4 is 19.7 Å². The zero-order valence-electron chi connectivity index (χ0n) is 6.58. The Morgan fingerprint density at radius 1 is 1.46 bits per heavy atom. The first kappa shape index (κ1) is 10.3. The van der Waals surface area contributed by atoms with Gasteiger partial charge in [0.25, 0.3) is 9.05 Å². The van der Waals surface area contributed by atoms with Crippen molar-refractivity contribution in [2.45, 2.75) is 11.8 Å². The van der Waals surface area contributed by atoms with Crippen molar-refractivity contribution in [2.24, 2.45) is 0 Å². The second-order valence-electron chi connectivity index (χ2n) is 2.51. The Hall–Kier alpha value is -0.810. The second kappa shape index (κ2) is 3.16. The summed E-state index contributed by atoms with van der Waals surface area (Å²) in [4.78, 5) is -0.284. The quantitative estimate of drug-likeness (QED) is 0.740. The SMILES string of the molecule is Cc1cc(F)c(O)cc1S(=O)(=O)Cl. The molecule has 3 nitrogen and oxygen atoms in total. The lowest BCUT2D eigenvalue weighted by atomic mass is 10.2. The highest BCUT2D eigenvalue weighted by Gasteiger charge is 2.16. The van der Waals surface area contributed by atoms with Crippen LogP contribution in [-0.2, 0) is 9.05 Å². The average molecular weight is 225 g/mol. The van der Waals surface area contributed by atoms with Crippen molar-refractivity contribution in [3.63, 3.8) is 0 Å². The Morgan fingerprint density at radius 3 is 2.46 bits per heavy atom. The van der Waals surface area contributed by atoms with E-state index in [1.807, 2.05) is 0 Å². The summed E-state index contributed by atoms with van der Waals surface area (Å²) in [5, 5.41) is 8.89. The van der Waals surface area contributed by atoms with E-state index in [2.05, 4.69) is 0 Å². The molecule has 6 heteroatoms. The van der Waals surface area contributed by atoms with E-state index < -0.39 is 20.6 Å². The van der Waals surface area contributed by atoms with Gasteiger partial charge in [0.05, 0.1) is 4.90 Å². The summed E-state index contributed by atoms with van der Waals surface area (Å²) in [6.45, 7) is 1.39. The minimum atomic E-state index is -3.93. The molecule has 0 aromatic heterocycles. The number of aryl methyl sites for hydroxylation is 1. The topological polar surface area (TPSA) is 54.4 Å². The molecule has 0 heterocycles. The summed E-state index contributed by atoms with van der Waals surface area (Å²) in [5.41, 5.74) is 0.158. The highest BCUT2D eigenvalue weighted by atomic mass is 35.7. The van der Waals surface area contributed by atoms with Crippen LogP contribution >= 0.6 is 10.7 Å². The lowest BCUT2D eigenvalue weighted by Crippen LogP contribution is -1.95. The molecule has 0 saturated carbocycles. The lowest BCUT2D eigenvalue weighted by Gasteiger charge is -2.02. The van der Waals surface area contributed by atoms with Crippen molar-refractivity contribution in [1.29, 1.82) is 0 Å². The standard InChI is InChI=1S/C7H6ClFO3S/c1-4-2-5(9)6(10)3-7(4)13(8,11)12/h2-3,10H,1H3. The van der Waals surface area contributed by atoms with E-state index in [0.717, 1.165) is 12.1 Å². The maximum absolute atomic E-state index is 12.7. The Balaban J connectivity index is 3.50. The fraction of sp³-hybridized carbons (Fsp3) is 0.143. The van der Waals surface area contributed by atoms with Gasteiger partial charge in [-0.25, -0.2) is 12.8 Å². The number of phenolic OH excluding ortho intramolecular Hbond substituents is 1. The maximum atomic E-state index is 12.7. The molecule has 0 aliphatic rings. The third-order valence-electron chi connectivity index (χ3n) is 1.51. The number of hydrogen-bond donors (Lipinski definition) is 1. The summed E-state index contributed by atoms with van der Waals surface area (Å²) in [7, 11) is 1.10. The van der Waals surface area contributed by atoms with Crippen LogP contribution in [0.5, 0.6) is 5.75 Å². The molecule has 1 N–H and O–H groups in total. The van der Waals surface area contributed by atoms with E-state index in [-0.39, 0.29) is 10.5 Å². The van der Waals surface area contributed by atoms with E-state index >= 15 is 0 Å². The monoisotopic (exact) mass is 224 g/mol. The van der Waals surface area contributed by atoms with Crippen molar-refractivity contribution in [2.75, 3.05) is 0 Å². The fourth-order valence-electron chi connectivity index (χ4n) is 0.905. The number of phenols is 1. The number of halogens is 2. The van der Waals surface area contributed by atoms with Gasteiger partial charge in [0, 0.05) is 16.7 Å². The molecule has 0 fully saturated rings. The van der Waals surface area contributed by atoms with Crippen LogP contribution in [-0.4, -0.2) is 13.5 Å². The zero-order chi connectivity index (χ0) is 10.2. The van der Waals surface area contributed by atoms with E-state index in [0.29, 0.717) is 0 Å². The largest absolute Gasteiger partial charge is 0.505 e. The summed E-state index contributed by atoms with van der Waals surface area (Å²) >= 11 is 0. The summed E-state index contributed by atoms with van der Waals surface area (Å²) in [6, 6.07) is 1.69. The van der Waals surface area contributed by atoms with Crippen LogP contribution in [0.15, 0.2) is 17.0 Å². The molecule has 0 spiro atoms. The summed E-state index contributed by atoms with van der Waals surface area (Å²) in [6.07, 6.45) is 0. The molecular formula is C7H6ClFO3S. The zero-order valence-corrected chi connectivity index (χ0v) is 8.16. The molecule has 0 atom stereocenters. The fourth-order valence-corrected chi connectivity index (χ4v) is 2.10. The first-order valence-corrected chi connectivity index (χ1v) is 5.57. The van der Waals surface area contributed by atoms with Crippen LogP contribution < -0.4 is 0 Å². The predicted molar refractivity (Wildman–Crippen MR) is 45.8 cm³/mol. The first-order chi connectivity index (χ1) is 5.82. The Morgan fingerprint density at radius 2 is 2.00 bits per heavy atom. The van der Waals surface area contributed by atoms with Crippen LogP contribution in [0.3, 0.4) is 0 Å². The van der Waals surface area contributed by atoms with Gasteiger partial charge in [-0.05, 0) is 18.6 Å². The van der Waals surface area contributed by atoms with Crippen LogP contribution in [0.1, 0.15) is 5.56 Å². The molecule has 1 aromatic carbocycles.